The van der Waals surface area contributed by atoms with Gasteiger partial charge < -0.3 is 14.6 Å². The van der Waals surface area contributed by atoms with E-state index in [2.05, 4.69) is 33.0 Å². The van der Waals surface area contributed by atoms with Crippen molar-refractivity contribution in [1.82, 2.24) is 4.90 Å². The van der Waals surface area contributed by atoms with E-state index in [0.29, 0.717) is 19.8 Å². The van der Waals surface area contributed by atoms with Gasteiger partial charge in [0.15, 0.2) is 0 Å². The van der Waals surface area contributed by atoms with Crippen molar-refractivity contribution in [3.05, 3.63) is 27.7 Å². The minimum atomic E-state index is -0.786. The highest BCUT2D eigenvalue weighted by Gasteiger charge is 2.27. The summed E-state index contributed by atoms with van der Waals surface area (Å²) in [7, 11) is 0. The normalized spacial score (nSPS) is 21.9. The minimum Gasteiger partial charge on any atom is -0.493 e. The average Bonchev–Trinajstić information content (AvgIpc) is 2.88. The SMILES string of the molecule is O=C(O)CC1COCCN1Cc1cc(Br)cc2c1OCC2. The van der Waals surface area contributed by atoms with Crippen LogP contribution in [0.2, 0.25) is 0 Å². The smallest absolute Gasteiger partial charge is 0.305 e. The molecule has 0 aromatic heterocycles. The monoisotopic (exact) mass is 355 g/mol. The zero-order chi connectivity index (χ0) is 14.8. The molecule has 6 heteroatoms. The van der Waals surface area contributed by atoms with E-state index in [1.807, 2.05) is 0 Å². The lowest BCUT2D eigenvalue weighted by molar-refractivity contribution is -0.140. The van der Waals surface area contributed by atoms with Crippen LogP contribution in [0.1, 0.15) is 17.5 Å². The van der Waals surface area contributed by atoms with Gasteiger partial charge in [-0.25, -0.2) is 0 Å². The summed E-state index contributed by atoms with van der Waals surface area (Å²) in [5.41, 5.74) is 2.34. The molecule has 2 aliphatic heterocycles. The number of rotatable bonds is 4. The Bertz CT molecular complexity index is 549. The zero-order valence-electron chi connectivity index (χ0n) is 11.7. The Kier molecular flexibility index (Phi) is 4.47. The fraction of sp³-hybridized carbons (Fsp3) is 0.533. The fourth-order valence-electron chi connectivity index (χ4n) is 2.97. The molecule has 114 valence electrons. The number of carbonyl (C=O) groups is 1. The molecule has 3 rings (SSSR count). The van der Waals surface area contributed by atoms with Crippen LogP contribution in [0.25, 0.3) is 0 Å². The molecule has 1 N–H and O–H groups in total. The summed E-state index contributed by atoms with van der Waals surface area (Å²) >= 11 is 3.54. The molecule has 1 aromatic carbocycles. The molecule has 0 saturated carbocycles. The lowest BCUT2D eigenvalue weighted by atomic mass is 10.1. The van der Waals surface area contributed by atoms with Crippen LogP contribution in [0.5, 0.6) is 5.75 Å². The second-order valence-corrected chi connectivity index (χ2v) is 6.36. The van der Waals surface area contributed by atoms with E-state index in [-0.39, 0.29) is 12.5 Å². The molecular formula is C15H18BrNO4. The van der Waals surface area contributed by atoms with E-state index in [1.165, 1.54) is 5.56 Å². The molecule has 21 heavy (non-hydrogen) atoms. The number of morpholine rings is 1. The van der Waals surface area contributed by atoms with Gasteiger partial charge in [-0.1, -0.05) is 15.9 Å². The third-order valence-electron chi connectivity index (χ3n) is 3.96. The van der Waals surface area contributed by atoms with Gasteiger partial charge in [0, 0.05) is 35.6 Å². The first kappa shape index (κ1) is 14.8. The van der Waals surface area contributed by atoms with E-state index in [0.717, 1.165) is 35.4 Å². The largest absolute Gasteiger partial charge is 0.493 e. The Balaban J connectivity index is 1.80. The number of hydrogen-bond donors (Lipinski definition) is 1. The van der Waals surface area contributed by atoms with Gasteiger partial charge in [-0.05, 0) is 17.7 Å². The number of aliphatic carboxylic acids is 1. The number of halogens is 1. The van der Waals surface area contributed by atoms with Gasteiger partial charge in [0.2, 0.25) is 0 Å². The number of hydrogen-bond acceptors (Lipinski definition) is 4. The number of fused-ring (bicyclic) bond motifs is 1. The van der Waals surface area contributed by atoms with Gasteiger partial charge in [-0.15, -0.1) is 0 Å². The third-order valence-corrected chi connectivity index (χ3v) is 4.42. The van der Waals surface area contributed by atoms with Crippen molar-refractivity contribution in [2.45, 2.75) is 25.4 Å². The molecule has 0 bridgehead atoms. The van der Waals surface area contributed by atoms with E-state index >= 15 is 0 Å². The highest BCUT2D eigenvalue weighted by molar-refractivity contribution is 9.10. The van der Waals surface area contributed by atoms with E-state index < -0.39 is 5.97 Å². The fourth-order valence-corrected chi connectivity index (χ4v) is 3.52. The van der Waals surface area contributed by atoms with E-state index in [1.54, 1.807) is 0 Å². The van der Waals surface area contributed by atoms with Crippen molar-refractivity contribution in [2.75, 3.05) is 26.4 Å². The number of nitrogens with zero attached hydrogens (tertiary/aromatic N) is 1. The molecular weight excluding hydrogens is 338 g/mol. The molecule has 1 unspecified atom stereocenters. The molecule has 1 saturated heterocycles. The number of carboxylic acid groups (broad SMARTS) is 1. The van der Waals surface area contributed by atoms with Gasteiger partial charge in [0.05, 0.1) is 26.2 Å². The van der Waals surface area contributed by atoms with Crippen molar-refractivity contribution < 1.29 is 19.4 Å². The molecule has 2 aliphatic rings. The lowest BCUT2D eigenvalue weighted by Crippen LogP contribution is -2.45. The maximum atomic E-state index is 11.0. The molecule has 2 heterocycles. The maximum Gasteiger partial charge on any atom is 0.305 e. The summed E-state index contributed by atoms with van der Waals surface area (Å²) in [5, 5.41) is 9.03. The summed E-state index contributed by atoms with van der Waals surface area (Å²) < 4.78 is 12.2. The highest BCUT2D eigenvalue weighted by Crippen LogP contribution is 2.34. The van der Waals surface area contributed by atoms with Crippen molar-refractivity contribution in [1.29, 1.82) is 0 Å². The zero-order valence-corrected chi connectivity index (χ0v) is 13.3. The van der Waals surface area contributed by atoms with Gasteiger partial charge in [-0.2, -0.15) is 0 Å². The number of benzene rings is 1. The molecule has 5 nitrogen and oxygen atoms in total. The second kappa shape index (κ2) is 6.34. The van der Waals surface area contributed by atoms with Crippen LogP contribution in [0.3, 0.4) is 0 Å². The summed E-state index contributed by atoms with van der Waals surface area (Å²) in [5.74, 6) is 0.185. The molecule has 1 atom stereocenters. The van der Waals surface area contributed by atoms with Crippen LogP contribution in [0.4, 0.5) is 0 Å². The van der Waals surface area contributed by atoms with Crippen LogP contribution in [0, 0.1) is 0 Å². The van der Waals surface area contributed by atoms with Crippen molar-refractivity contribution >= 4 is 21.9 Å². The first-order chi connectivity index (χ1) is 10.1. The van der Waals surface area contributed by atoms with E-state index in [9.17, 15) is 4.79 Å². The Labute approximate surface area is 132 Å². The summed E-state index contributed by atoms with van der Waals surface area (Å²) in [6, 6.07) is 4.09. The van der Waals surface area contributed by atoms with Crippen LogP contribution in [-0.4, -0.2) is 48.4 Å². The molecule has 0 spiro atoms. The lowest BCUT2D eigenvalue weighted by Gasteiger charge is -2.35. The van der Waals surface area contributed by atoms with Gasteiger partial charge in [0.25, 0.3) is 0 Å². The van der Waals surface area contributed by atoms with Crippen molar-refractivity contribution in [3.63, 3.8) is 0 Å². The maximum absolute atomic E-state index is 11.0. The first-order valence-corrected chi connectivity index (χ1v) is 7.90. The topological polar surface area (TPSA) is 59.0 Å². The quantitative estimate of drug-likeness (QED) is 0.895. The highest BCUT2D eigenvalue weighted by atomic mass is 79.9. The predicted octanol–water partition coefficient (Wildman–Crippen LogP) is 2.06. The number of ether oxygens (including phenoxy) is 2. The molecule has 0 aliphatic carbocycles. The Hall–Kier alpha value is -1.11. The second-order valence-electron chi connectivity index (χ2n) is 5.45. The molecule has 0 amide bonds. The van der Waals surface area contributed by atoms with Gasteiger partial charge in [0.1, 0.15) is 5.75 Å². The van der Waals surface area contributed by atoms with Gasteiger partial charge >= 0.3 is 5.97 Å². The van der Waals surface area contributed by atoms with Crippen LogP contribution >= 0.6 is 15.9 Å². The molecule has 0 radical (unpaired) electrons. The summed E-state index contributed by atoms with van der Waals surface area (Å²) in [6.07, 6.45) is 1.04. The summed E-state index contributed by atoms with van der Waals surface area (Å²) in [6.45, 7) is 3.29. The third kappa shape index (κ3) is 3.39. The standard InChI is InChI=1S/C15H18BrNO4/c16-12-5-10-1-3-21-15(10)11(6-12)8-17-2-4-20-9-13(17)7-14(18)19/h5-6,13H,1-4,7-9H2,(H,18,19). The first-order valence-electron chi connectivity index (χ1n) is 7.11. The Morgan fingerprint density at radius 3 is 3.10 bits per heavy atom. The Morgan fingerprint density at radius 2 is 2.29 bits per heavy atom. The van der Waals surface area contributed by atoms with E-state index in [4.69, 9.17) is 14.6 Å². The summed E-state index contributed by atoms with van der Waals surface area (Å²) in [4.78, 5) is 13.2. The number of carboxylic acids is 1. The van der Waals surface area contributed by atoms with Gasteiger partial charge in [-0.3, -0.25) is 9.69 Å². The predicted molar refractivity (Wildman–Crippen MR) is 80.6 cm³/mol. The van der Waals surface area contributed by atoms with Crippen molar-refractivity contribution in [2.24, 2.45) is 0 Å². The molecule has 1 aromatic rings. The average molecular weight is 356 g/mol. The minimum absolute atomic E-state index is 0.0766. The molecule has 1 fully saturated rings. The van der Waals surface area contributed by atoms with Crippen LogP contribution in [0.15, 0.2) is 16.6 Å². The van der Waals surface area contributed by atoms with Crippen LogP contribution < -0.4 is 4.74 Å². The van der Waals surface area contributed by atoms with Crippen LogP contribution in [-0.2, 0) is 22.5 Å². The van der Waals surface area contributed by atoms with Crippen molar-refractivity contribution in [3.8, 4) is 5.75 Å². The Morgan fingerprint density at radius 1 is 1.43 bits per heavy atom.